The Morgan fingerprint density at radius 1 is 1.16 bits per heavy atom. The molecule has 1 aliphatic carbocycles. The number of likely N-dealkylation sites (tertiary alicyclic amines) is 1. The standard InChI is InChI=1S/C24H33FN8O3S/c1-31-10-6-16(7-11-31)28-24(35)36-20-5-9-26-21(29-20)33-12-8-17(25)18(14-33)32(2)23(34)30-22-27-13-19(37-22)15-3-4-15/h5,9,13,15-18H,3-4,6-8,10-12,14H2,1-2H3,(H,28,35)(H,27,30,34)/t17-,18+/m1/s1. The molecule has 37 heavy (non-hydrogen) atoms. The molecule has 5 rings (SSSR count). The van der Waals surface area contributed by atoms with Gasteiger partial charge in [-0.25, -0.2) is 23.9 Å². The van der Waals surface area contributed by atoms with Crippen molar-refractivity contribution in [1.82, 2.24) is 30.1 Å². The summed E-state index contributed by atoms with van der Waals surface area (Å²) < 4.78 is 20.3. The number of nitrogens with zero attached hydrogens (tertiary/aromatic N) is 6. The van der Waals surface area contributed by atoms with Gasteiger partial charge in [0.25, 0.3) is 0 Å². The largest absolute Gasteiger partial charge is 0.414 e. The number of ether oxygens (including phenoxy) is 1. The number of hydrogen-bond donors (Lipinski definition) is 2. The topological polar surface area (TPSA) is 116 Å². The highest BCUT2D eigenvalue weighted by atomic mass is 32.1. The molecule has 0 aromatic carbocycles. The lowest BCUT2D eigenvalue weighted by atomic mass is 10.0. The average molecular weight is 533 g/mol. The Kier molecular flexibility index (Phi) is 7.70. The fourth-order valence-electron chi connectivity index (χ4n) is 4.67. The molecule has 0 bridgehead atoms. The summed E-state index contributed by atoms with van der Waals surface area (Å²) in [4.78, 5) is 44.8. The highest BCUT2D eigenvalue weighted by molar-refractivity contribution is 7.15. The highest BCUT2D eigenvalue weighted by Crippen LogP contribution is 2.43. The third kappa shape index (κ3) is 6.45. The first kappa shape index (κ1) is 25.6. The van der Waals surface area contributed by atoms with Crippen LogP contribution in [0.5, 0.6) is 5.88 Å². The van der Waals surface area contributed by atoms with Gasteiger partial charge >= 0.3 is 12.1 Å². The third-order valence-corrected chi connectivity index (χ3v) is 8.25. The minimum Gasteiger partial charge on any atom is -0.391 e. The van der Waals surface area contributed by atoms with Crippen molar-refractivity contribution in [3.8, 4) is 5.88 Å². The van der Waals surface area contributed by atoms with Gasteiger partial charge in [-0.05, 0) is 58.2 Å². The van der Waals surface area contributed by atoms with Crippen molar-refractivity contribution in [3.05, 3.63) is 23.3 Å². The molecule has 2 saturated heterocycles. The molecule has 3 fully saturated rings. The first-order chi connectivity index (χ1) is 17.9. The quantitative estimate of drug-likeness (QED) is 0.583. The summed E-state index contributed by atoms with van der Waals surface area (Å²) >= 11 is 1.47. The monoisotopic (exact) mass is 532 g/mol. The van der Waals surface area contributed by atoms with Gasteiger partial charge < -0.3 is 24.8 Å². The van der Waals surface area contributed by atoms with E-state index in [1.165, 1.54) is 33.4 Å². The van der Waals surface area contributed by atoms with E-state index in [2.05, 4.69) is 37.5 Å². The Morgan fingerprint density at radius 3 is 2.70 bits per heavy atom. The van der Waals surface area contributed by atoms with Gasteiger partial charge in [0.2, 0.25) is 11.8 Å². The van der Waals surface area contributed by atoms with Crippen LogP contribution in [0.2, 0.25) is 0 Å². The summed E-state index contributed by atoms with van der Waals surface area (Å²) in [6, 6.07) is 0.480. The zero-order chi connectivity index (χ0) is 25.9. The van der Waals surface area contributed by atoms with Crippen molar-refractivity contribution in [2.75, 3.05) is 50.5 Å². The van der Waals surface area contributed by atoms with E-state index in [0.29, 0.717) is 23.5 Å². The van der Waals surface area contributed by atoms with E-state index in [9.17, 15) is 14.0 Å². The van der Waals surface area contributed by atoms with Gasteiger partial charge in [0.15, 0.2) is 5.13 Å². The van der Waals surface area contributed by atoms with Crippen molar-refractivity contribution < 1.29 is 18.7 Å². The van der Waals surface area contributed by atoms with Crippen LogP contribution in [0.15, 0.2) is 18.5 Å². The lowest BCUT2D eigenvalue weighted by Crippen LogP contribution is -2.55. The molecule has 2 N–H and O–H groups in total. The van der Waals surface area contributed by atoms with E-state index in [0.717, 1.165) is 38.8 Å². The second-order valence-electron chi connectivity index (χ2n) is 10.0. The maximum absolute atomic E-state index is 14.9. The Balaban J connectivity index is 1.17. The molecular weight excluding hydrogens is 499 g/mol. The van der Waals surface area contributed by atoms with Gasteiger partial charge in [0.05, 0.1) is 6.04 Å². The summed E-state index contributed by atoms with van der Waals surface area (Å²) in [5, 5.41) is 6.21. The number of hydrogen-bond acceptors (Lipinski definition) is 9. The Hall–Kier alpha value is -3.06. The van der Waals surface area contributed by atoms with Crippen molar-refractivity contribution in [3.63, 3.8) is 0 Å². The molecule has 0 spiro atoms. The van der Waals surface area contributed by atoms with Gasteiger partial charge in [0, 0.05) is 49.5 Å². The van der Waals surface area contributed by atoms with Crippen LogP contribution >= 0.6 is 11.3 Å². The van der Waals surface area contributed by atoms with Gasteiger partial charge in [-0.1, -0.05) is 0 Å². The number of alkyl halides is 1. The van der Waals surface area contributed by atoms with Gasteiger partial charge in [-0.2, -0.15) is 4.98 Å². The minimum atomic E-state index is -1.19. The normalized spacial score (nSPS) is 22.9. The number of urea groups is 1. The molecule has 2 aromatic rings. The number of piperidine rings is 2. The van der Waals surface area contributed by atoms with E-state index in [1.54, 1.807) is 18.1 Å². The molecule has 2 aliphatic heterocycles. The van der Waals surface area contributed by atoms with Crippen LogP contribution in [-0.2, 0) is 0 Å². The first-order valence-corrected chi connectivity index (χ1v) is 13.6. The van der Waals surface area contributed by atoms with Crippen LogP contribution in [0.4, 0.5) is 25.1 Å². The van der Waals surface area contributed by atoms with Crippen LogP contribution < -0.4 is 20.3 Å². The zero-order valence-electron chi connectivity index (χ0n) is 21.1. The molecular formula is C24H33FN8O3S. The number of rotatable bonds is 6. The number of carbonyl (C=O) groups excluding carboxylic acids is 2. The fourth-order valence-corrected chi connectivity index (χ4v) is 5.64. The summed E-state index contributed by atoms with van der Waals surface area (Å²) in [6.45, 7) is 2.44. The number of carbonyl (C=O) groups is 2. The molecule has 0 radical (unpaired) electrons. The van der Waals surface area contributed by atoms with E-state index in [1.807, 2.05) is 0 Å². The number of halogens is 1. The zero-order valence-corrected chi connectivity index (χ0v) is 21.9. The maximum atomic E-state index is 14.9. The first-order valence-electron chi connectivity index (χ1n) is 12.7. The number of amides is 3. The van der Waals surface area contributed by atoms with Crippen LogP contribution in [0, 0.1) is 0 Å². The Morgan fingerprint density at radius 2 is 1.95 bits per heavy atom. The molecule has 0 unspecified atom stereocenters. The van der Waals surface area contributed by atoms with Crippen LogP contribution in [0.1, 0.15) is 42.9 Å². The molecule has 2 aromatic heterocycles. The average Bonchev–Trinajstić information content (AvgIpc) is 3.64. The van der Waals surface area contributed by atoms with Crippen molar-refractivity contribution in [2.24, 2.45) is 0 Å². The molecule has 13 heteroatoms. The SMILES string of the molecule is CN1CCC(NC(=O)Oc2ccnc(N3CC[C@@H](F)[C@@H](N(C)C(=O)Nc4ncc(C5CC5)s4)C3)n2)CC1. The molecule has 11 nitrogen and oxygen atoms in total. The van der Waals surface area contributed by atoms with E-state index in [4.69, 9.17) is 4.74 Å². The van der Waals surface area contributed by atoms with E-state index in [-0.39, 0.29) is 24.9 Å². The maximum Gasteiger partial charge on any atom is 0.414 e. The molecule has 200 valence electrons. The van der Waals surface area contributed by atoms with Crippen LogP contribution in [0.25, 0.3) is 0 Å². The van der Waals surface area contributed by atoms with Crippen molar-refractivity contribution in [1.29, 1.82) is 0 Å². The van der Waals surface area contributed by atoms with Gasteiger partial charge in [0.1, 0.15) is 6.17 Å². The summed E-state index contributed by atoms with van der Waals surface area (Å²) in [7, 11) is 3.64. The number of anilines is 2. The third-order valence-electron chi connectivity index (χ3n) is 7.17. The minimum absolute atomic E-state index is 0.0701. The fraction of sp³-hybridized carbons (Fsp3) is 0.625. The van der Waals surface area contributed by atoms with Crippen LogP contribution in [-0.4, -0.2) is 95.4 Å². The predicted octanol–water partition coefficient (Wildman–Crippen LogP) is 3.07. The predicted molar refractivity (Wildman–Crippen MR) is 138 cm³/mol. The second-order valence-corrected chi connectivity index (χ2v) is 11.1. The molecule has 4 heterocycles. The number of aromatic nitrogens is 3. The second kappa shape index (κ2) is 11.1. The number of thiazole rings is 1. The Labute approximate surface area is 219 Å². The lowest BCUT2D eigenvalue weighted by Gasteiger charge is -2.39. The van der Waals surface area contributed by atoms with Crippen molar-refractivity contribution >= 4 is 34.5 Å². The molecule has 3 aliphatic rings. The summed E-state index contributed by atoms with van der Waals surface area (Å²) in [6.07, 6.45) is 5.84. The molecule has 3 amide bonds. The van der Waals surface area contributed by atoms with Crippen LogP contribution in [0.3, 0.4) is 0 Å². The number of nitrogens with one attached hydrogen (secondary N) is 2. The van der Waals surface area contributed by atoms with Gasteiger partial charge in [-0.3, -0.25) is 5.32 Å². The van der Waals surface area contributed by atoms with E-state index >= 15 is 0 Å². The number of likely N-dealkylation sites (N-methyl/N-ethyl adjacent to an activating group) is 1. The lowest BCUT2D eigenvalue weighted by molar-refractivity contribution is 0.133. The highest BCUT2D eigenvalue weighted by Gasteiger charge is 2.36. The summed E-state index contributed by atoms with van der Waals surface area (Å²) in [5.41, 5.74) is 0. The van der Waals surface area contributed by atoms with Gasteiger partial charge in [-0.15, -0.1) is 11.3 Å². The van der Waals surface area contributed by atoms with Crippen molar-refractivity contribution in [2.45, 2.75) is 56.3 Å². The molecule has 1 saturated carbocycles. The summed E-state index contributed by atoms with van der Waals surface area (Å²) in [5.74, 6) is 1.00. The smallest absolute Gasteiger partial charge is 0.391 e. The molecule has 2 atom stereocenters. The Bertz CT molecular complexity index is 1110. The van der Waals surface area contributed by atoms with E-state index < -0.39 is 24.3 Å².